The number of fused-ring (bicyclic) bond motifs is 1. The number of benzene rings is 1. The van der Waals surface area contributed by atoms with Crippen molar-refractivity contribution in [1.29, 1.82) is 0 Å². The molecule has 3 rings (SSSR count). The Labute approximate surface area is 109 Å². The van der Waals surface area contributed by atoms with Gasteiger partial charge in [-0.05, 0) is 43.0 Å². The zero-order valence-electron chi connectivity index (χ0n) is 10.1. The van der Waals surface area contributed by atoms with Crippen molar-refractivity contribution >= 4 is 11.3 Å². The van der Waals surface area contributed by atoms with Crippen LogP contribution >= 0.6 is 11.3 Å². The normalized spacial score (nSPS) is 22.2. The largest absolute Gasteiger partial charge is 0.385 e. The van der Waals surface area contributed by atoms with E-state index in [1.54, 1.807) is 17.4 Å². The maximum atomic E-state index is 13.2. The van der Waals surface area contributed by atoms with E-state index in [2.05, 4.69) is 4.98 Å². The number of nitrogens with zero attached hydrogens (tertiary/aromatic N) is 1. The maximum absolute atomic E-state index is 13.2. The van der Waals surface area contributed by atoms with Crippen LogP contribution in [0.4, 0.5) is 4.39 Å². The lowest BCUT2D eigenvalue weighted by Crippen LogP contribution is -2.25. The van der Waals surface area contributed by atoms with E-state index in [1.165, 1.54) is 12.1 Å². The van der Waals surface area contributed by atoms with Crippen LogP contribution in [0.25, 0.3) is 0 Å². The molecule has 0 aliphatic heterocycles. The fourth-order valence-electron chi connectivity index (χ4n) is 2.67. The lowest BCUT2D eigenvalue weighted by molar-refractivity contribution is 0.0381. The summed E-state index contributed by atoms with van der Waals surface area (Å²) in [6, 6.07) is 4.65. The van der Waals surface area contributed by atoms with Crippen LogP contribution < -0.4 is 0 Å². The third-order valence-electron chi connectivity index (χ3n) is 3.52. The van der Waals surface area contributed by atoms with Crippen LogP contribution in [0.5, 0.6) is 0 Å². The first-order chi connectivity index (χ1) is 8.57. The minimum atomic E-state index is -0.885. The van der Waals surface area contributed by atoms with Gasteiger partial charge in [0.05, 0.1) is 16.3 Å². The van der Waals surface area contributed by atoms with Crippen LogP contribution in [0, 0.1) is 12.7 Å². The summed E-state index contributed by atoms with van der Waals surface area (Å²) in [5, 5.41) is 13.7. The molecule has 1 atom stereocenters. The fraction of sp³-hybridized carbons (Fsp3) is 0.357. The van der Waals surface area contributed by atoms with Crippen molar-refractivity contribution in [2.24, 2.45) is 0 Å². The van der Waals surface area contributed by atoms with E-state index in [1.807, 2.05) is 12.3 Å². The first-order valence-electron chi connectivity index (χ1n) is 5.99. The summed E-state index contributed by atoms with van der Waals surface area (Å²) < 4.78 is 13.2. The first kappa shape index (κ1) is 11.8. The second-order valence-electron chi connectivity index (χ2n) is 4.87. The second kappa shape index (κ2) is 4.14. The molecule has 0 radical (unpaired) electrons. The number of aromatic nitrogens is 1. The van der Waals surface area contributed by atoms with Gasteiger partial charge in [0.25, 0.3) is 0 Å². The zero-order valence-corrected chi connectivity index (χ0v) is 10.9. The van der Waals surface area contributed by atoms with E-state index in [0.29, 0.717) is 12.8 Å². The minimum Gasteiger partial charge on any atom is -0.385 e. The van der Waals surface area contributed by atoms with Crippen molar-refractivity contribution in [3.8, 4) is 0 Å². The number of rotatable bonds is 2. The van der Waals surface area contributed by atoms with Crippen LogP contribution in [0.15, 0.2) is 23.6 Å². The van der Waals surface area contributed by atoms with E-state index in [9.17, 15) is 9.50 Å². The molecule has 0 saturated heterocycles. The molecule has 0 spiro atoms. The average Bonchev–Trinajstić information content (AvgIpc) is 2.84. The van der Waals surface area contributed by atoms with Gasteiger partial charge < -0.3 is 5.11 Å². The zero-order chi connectivity index (χ0) is 12.8. The van der Waals surface area contributed by atoms with Crippen molar-refractivity contribution in [2.75, 3.05) is 0 Å². The molecular formula is C14H14FNOS. The summed E-state index contributed by atoms with van der Waals surface area (Å²) in [7, 11) is 0. The second-order valence-corrected chi connectivity index (χ2v) is 5.93. The Kier molecular flexibility index (Phi) is 2.72. The summed E-state index contributed by atoms with van der Waals surface area (Å²) in [5.74, 6) is -0.234. The van der Waals surface area contributed by atoms with Crippen molar-refractivity contribution in [3.05, 3.63) is 51.2 Å². The highest BCUT2D eigenvalue weighted by Gasteiger charge is 2.37. The molecule has 1 aliphatic rings. The molecule has 1 N–H and O–H groups in total. The molecule has 1 aromatic heterocycles. The maximum Gasteiger partial charge on any atom is 0.123 e. The van der Waals surface area contributed by atoms with Gasteiger partial charge in [-0.3, -0.25) is 0 Å². The van der Waals surface area contributed by atoms with E-state index in [4.69, 9.17) is 0 Å². The predicted molar refractivity (Wildman–Crippen MR) is 69.2 cm³/mol. The van der Waals surface area contributed by atoms with E-state index in [-0.39, 0.29) is 5.82 Å². The highest BCUT2D eigenvalue weighted by Crippen LogP contribution is 2.39. The standard InChI is InChI=1S/C14H14FNOS/c1-9-16-12(8-18-9)7-14(17)5-4-10-6-11(15)2-3-13(10)14/h2-3,6,8,17H,4-5,7H2,1H3. The van der Waals surface area contributed by atoms with Gasteiger partial charge in [-0.25, -0.2) is 9.37 Å². The highest BCUT2D eigenvalue weighted by molar-refractivity contribution is 7.09. The van der Waals surface area contributed by atoms with Crippen LogP contribution in [-0.2, 0) is 18.4 Å². The Morgan fingerprint density at radius 3 is 3.06 bits per heavy atom. The summed E-state index contributed by atoms with van der Waals surface area (Å²) in [6.07, 6.45) is 1.88. The van der Waals surface area contributed by atoms with Crippen LogP contribution in [0.3, 0.4) is 0 Å². The first-order valence-corrected chi connectivity index (χ1v) is 6.87. The molecule has 1 heterocycles. The van der Waals surface area contributed by atoms with Gasteiger partial charge in [0.15, 0.2) is 0 Å². The Morgan fingerprint density at radius 1 is 1.50 bits per heavy atom. The van der Waals surface area contributed by atoms with Gasteiger partial charge in [-0.15, -0.1) is 11.3 Å². The number of halogens is 1. The fourth-order valence-corrected chi connectivity index (χ4v) is 3.28. The Hall–Kier alpha value is -1.26. The van der Waals surface area contributed by atoms with Gasteiger partial charge in [-0.1, -0.05) is 6.07 Å². The third-order valence-corrected chi connectivity index (χ3v) is 4.34. The number of hydrogen-bond donors (Lipinski definition) is 1. The topological polar surface area (TPSA) is 33.1 Å². The summed E-state index contributed by atoms with van der Waals surface area (Å²) in [5.41, 5.74) is 1.81. The monoisotopic (exact) mass is 263 g/mol. The predicted octanol–water partition coefficient (Wildman–Crippen LogP) is 2.97. The summed E-state index contributed by atoms with van der Waals surface area (Å²) >= 11 is 1.59. The molecule has 1 unspecified atom stereocenters. The molecule has 1 aromatic carbocycles. The van der Waals surface area contributed by atoms with Crippen LogP contribution in [0.2, 0.25) is 0 Å². The Bertz CT molecular complexity index is 595. The van der Waals surface area contributed by atoms with Crippen LogP contribution in [-0.4, -0.2) is 10.1 Å². The SMILES string of the molecule is Cc1nc(CC2(O)CCc3cc(F)ccc32)cs1. The summed E-state index contributed by atoms with van der Waals surface area (Å²) in [4.78, 5) is 4.39. The quantitative estimate of drug-likeness (QED) is 0.903. The molecule has 1 aliphatic carbocycles. The van der Waals surface area contributed by atoms with Crippen molar-refractivity contribution in [2.45, 2.75) is 31.8 Å². The number of aliphatic hydroxyl groups is 1. The highest BCUT2D eigenvalue weighted by atomic mass is 32.1. The molecule has 18 heavy (non-hydrogen) atoms. The van der Waals surface area contributed by atoms with Crippen molar-refractivity contribution < 1.29 is 9.50 Å². The Morgan fingerprint density at radius 2 is 2.33 bits per heavy atom. The Balaban J connectivity index is 1.94. The number of thiazole rings is 1. The molecule has 0 bridgehead atoms. The molecule has 0 fully saturated rings. The van der Waals surface area contributed by atoms with E-state index < -0.39 is 5.60 Å². The van der Waals surface area contributed by atoms with Gasteiger partial charge >= 0.3 is 0 Å². The van der Waals surface area contributed by atoms with Gasteiger partial charge in [-0.2, -0.15) is 0 Å². The molecule has 0 amide bonds. The van der Waals surface area contributed by atoms with Crippen molar-refractivity contribution in [3.63, 3.8) is 0 Å². The third kappa shape index (κ3) is 1.95. The number of hydrogen-bond acceptors (Lipinski definition) is 3. The summed E-state index contributed by atoms with van der Waals surface area (Å²) in [6.45, 7) is 1.95. The van der Waals surface area contributed by atoms with E-state index >= 15 is 0 Å². The number of aryl methyl sites for hydroxylation is 2. The van der Waals surface area contributed by atoms with Crippen LogP contribution in [0.1, 0.15) is 28.2 Å². The van der Waals surface area contributed by atoms with E-state index in [0.717, 1.165) is 28.2 Å². The average molecular weight is 263 g/mol. The molecule has 2 aromatic rings. The van der Waals surface area contributed by atoms with Gasteiger partial charge in [0.2, 0.25) is 0 Å². The molecule has 0 saturated carbocycles. The van der Waals surface area contributed by atoms with Crippen molar-refractivity contribution in [1.82, 2.24) is 4.98 Å². The lowest BCUT2D eigenvalue weighted by atomic mass is 9.91. The molecule has 4 heteroatoms. The molecule has 2 nitrogen and oxygen atoms in total. The minimum absolute atomic E-state index is 0.234. The van der Waals surface area contributed by atoms with Gasteiger partial charge in [0, 0.05) is 11.8 Å². The van der Waals surface area contributed by atoms with Gasteiger partial charge in [0.1, 0.15) is 5.82 Å². The molecular weight excluding hydrogens is 249 g/mol. The molecule has 94 valence electrons. The lowest BCUT2D eigenvalue weighted by Gasteiger charge is -2.23. The smallest absolute Gasteiger partial charge is 0.123 e.